The predicted molar refractivity (Wildman–Crippen MR) is 140 cm³/mol. The molecule has 0 aliphatic carbocycles. The standard InChI is InChI=1S/C24H31Cl2N3O5S/c1-5-6-12-27-24(31)17(2)28(15-18-8-7-9-20(13-18)34-3)23(30)16-29(35(4,32)33)19-10-11-21(25)22(26)14-19/h7-11,13-14,17H,5-6,12,15-16H2,1-4H3,(H,27,31)/t17-/m0/s1. The molecule has 0 saturated heterocycles. The molecule has 0 aliphatic rings. The average Bonchev–Trinajstić information content (AvgIpc) is 2.81. The van der Waals surface area contributed by atoms with Gasteiger partial charge in [-0.3, -0.25) is 13.9 Å². The molecule has 0 heterocycles. The van der Waals surface area contributed by atoms with E-state index in [0.717, 1.165) is 29.0 Å². The van der Waals surface area contributed by atoms with E-state index in [1.165, 1.54) is 30.2 Å². The van der Waals surface area contributed by atoms with Gasteiger partial charge in [0.1, 0.15) is 18.3 Å². The molecule has 0 unspecified atom stereocenters. The number of carbonyl (C=O) groups excluding carboxylic acids is 2. The second-order valence-corrected chi connectivity index (χ2v) is 10.8. The number of amides is 2. The zero-order chi connectivity index (χ0) is 26.2. The minimum Gasteiger partial charge on any atom is -0.497 e. The average molecular weight is 545 g/mol. The molecule has 0 aliphatic heterocycles. The van der Waals surface area contributed by atoms with Crippen LogP contribution in [0.5, 0.6) is 5.75 Å². The van der Waals surface area contributed by atoms with Crippen molar-refractivity contribution in [1.82, 2.24) is 10.2 Å². The monoisotopic (exact) mass is 543 g/mol. The Morgan fingerprint density at radius 2 is 1.83 bits per heavy atom. The molecule has 2 amide bonds. The summed E-state index contributed by atoms with van der Waals surface area (Å²) >= 11 is 12.1. The fourth-order valence-corrected chi connectivity index (χ4v) is 4.47. The van der Waals surface area contributed by atoms with Gasteiger partial charge >= 0.3 is 0 Å². The number of ether oxygens (including phenoxy) is 1. The summed E-state index contributed by atoms with van der Waals surface area (Å²) in [5, 5.41) is 3.25. The van der Waals surface area contributed by atoms with Gasteiger partial charge in [-0.15, -0.1) is 0 Å². The van der Waals surface area contributed by atoms with Crippen molar-refractivity contribution in [2.45, 2.75) is 39.3 Å². The maximum Gasteiger partial charge on any atom is 0.244 e. The van der Waals surface area contributed by atoms with Crippen LogP contribution in [0.15, 0.2) is 42.5 Å². The summed E-state index contributed by atoms with van der Waals surface area (Å²) in [6.07, 6.45) is 2.71. The van der Waals surface area contributed by atoms with Crippen LogP contribution in [-0.4, -0.2) is 57.6 Å². The van der Waals surface area contributed by atoms with Gasteiger partial charge in [0, 0.05) is 13.1 Å². The van der Waals surface area contributed by atoms with Crippen LogP contribution in [0.2, 0.25) is 10.0 Å². The lowest BCUT2D eigenvalue weighted by Crippen LogP contribution is -2.51. The highest BCUT2D eigenvalue weighted by Gasteiger charge is 2.30. The molecule has 0 fully saturated rings. The van der Waals surface area contributed by atoms with Gasteiger partial charge in [0.15, 0.2) is 0 Å². The lowest BCUT2D eigenvalue weighted by molar-refractivity contribution is -0.139. The van der Waals surface area contributed by atoms with E-state index in [4.69, 9.17) is 27.9 Å². The number of hydrogen-bond donors (Lipinski definition) is 1. The van der Waals surface area contributed by atoms with Gasteiger partial charge in [-0.25, -0.2) is 8.42 Å². The van der Waals surface area contributed by atoms with Gasteiger partial charge < -0.3 is 15.0 Å². The largest absolute Gasteiger partial charge is 0.497 e. The summed E-state index contributed by atoms with van der Waals surface area (Å²) < 4.78 is 31.4. The van der Waals surface area contributed by atoms with Gasteiger partial charge in [-0.2, -0.15) is 0 Å². The van der Waals surface area contributed by atoms with E-state index in [1.54, 1.807) is 31.2 Å². The Morgan fingerprint density at radius 3 is 2.43 bits per heavy atom. The molecule has 1 atom stereocenters. The van der Waals surface area contributed by atoms with Gasteiger partial charge in [0.2, 0.25) is 21.8 Å². The van der Waals surface area contributed by atoms with Crippen LogP contribution in [-0.2, 0) is 26.2 Å². The van der Waals surface area contributed by atoms with Crippen LogP contribution >= 0.6 is 23.2 Å². The lowest BCUT2D eigenvalue weighted by Gasteiger charge is -2.31. The van der Waals surface area contributed by atoms with Crippen molar-refractivity contribution in [3.8, 4) is 5.75 Å². The van der Waals surface area contributed by atoms with Crippen molar-refractivity contribution in [3.05, 3.63) is 58.1 Å². The van der Waals surface area contributed by atoms with Crippen molar-refractivity contribution in [2.24, 2.45) is 0 Å². The van der Waals surface area contributed by atoms with Gasteiger partial charge in [-0.1, -0.05) is 48.7 Å². The van der Waals surface area contributed by atoms with E-state index in [2.05, 4.69) is 5.32 Å². The predicted octanol–water partition coefficient (Wildman–Crippen LogP) is 4.10. The maximum absolute atomic E-state index is 13.5. The Balaban J connectivity index is 2.38. The molecular weight excluding hydrogens is 513 g/mol. The number of anilines is 1. The molecule has 0 bridgehead atoms. The molecule has 0 spiro atoms. The first-order valence-electron chi connectivity index (χ1n) is 11.1. The van der Waals surface area contributed by atoms with Crippen molar-refractivity contribution >= 4 is 50.7 Å². The molecule has 2 aromatic carbocycles. The fourth-order valence-electron chi connectivity index (χ4n) is 3.34. The van der Waals surface area contributed by atoms with Gasteiger partial charge in [-0.05, 0) is 49.2 Å². The number of halogens is 2. The number of nitrogens with one attached hydrogen (secondary N) is 1. The van der Waals surface area contributed by atoms with Crippen molar-refractivity contribution < 1.29 is 22.7 Å². The number of benzene rings is 2. The molecule has 11 heteroatoms. The third-order valence-electron chi connectivity index (χ3n) is 5.35. The number of methoxy groups -OCH3 is 1. The van der Waals surface area contributed by atoms with Crippen LogP contribution in [0.3, 0.4) is 0 Å². The van der Waals surface area contributed by atoms with Crippen molar-refractivity contribution in [3.63, 3.8) is 0 Å². The molecular formula is C24H31Cl2N3O5S. The Labute approximate surface area is 217 Å². The maximum atomic E-state index is 13.5. The topological polar surface area (TPSA) is 96.0 Å². The normalized spacial score (nSPS) is 12.1. The van der Waals surface area contributed by atoms with Crippen molar-refractivity contribution in [2.75, 3.05) is 30.8 Å². The van der Waals surface area contributed by atoms with Crippen LogP contribution in [0, 0.1) is 0 Å². The molecule has 2 rings (SSSR count). The minimum atomic E-state index is -3.86. The number of carbonyl (C=O) groups is 2. The van der Waals surface area contributed by atoms with E-state index in [1.807, 2.05) is 6.92 Å². The van der Waals surface area contributed by atoms with E-state index < -0.39 is 28.5 Å². The van der Waals surface area contributed by atoms with Crippen LogP contribution in [0.4, 0.5) is 5.69 Å². The first-order chi connectivity index (χ1) is 16.5. The van der Waals surface area contributed by atoms with Gasteiger partial charge in [0.05, 0.1) is 29.1 Å². The second kappa shape index (κ2) is 13.0. The van der Waals surface area contributed by atoms with E-state index >= 15 is 0 Å². The summed E-state index contributed by atoms with van der Waals surface area (Å²) in [6, 6.07) is 10.6. The minimum absolute atomic E-state index is 0.0807. The molecule has 8 nitrogen and oxygen atoms in total. The molecule has 0 saturated carbocycles. The first-order valence-corrected chi connectivity index (χ1v) is 13.7. The summed E-state index contributed by atoms with van der Waals surface area (Å²) in [5.74, 6) is -0.277. The number of rotatable bonds is 12. The summed E-state index contributed by atoms with van der Waals surface area (Å²) in [7, 11) is -2.32. The third kappa shape index (κ3) is 8.30. The van der Waals surface area contributed by atoms with Crippen LogP contribution < -0.4 is 14.4 Å². The molecule has 192 valence electrons. The first kappa shape index (κ1) is 28.7. The summed E-state index contributed by atoms with van der Waals surface area (Å²) in [4.78, 5) is 27.7. The second-order valence-electron chi connectivity index (χ2n) is 8.06. The lowest BCUT2D eigenvalue weighted by atomic mass is 10.1. The third-order valence-corrected chi connectivity index (χ3v) is 7.23. The molecule has 0 radical (unpaired) electrons. The molecule has 1 N–H and O–H groups in total. The van der Waals surface area contributed by atoms with E-state index in [-0.39, 0.29) is 28.2 Å². The smallest absolute Gasteiger partial charge is 0.244 e. The number of sulfonamides is 1. The quantitative estimate of drug-likeness (QED) is 0.406. The Hall–Kier alpha value is -2.49. The molecule has 2 aromatic rings. The van der Waals surface area contributed by atoms with Crippen LogP contribution in [0.25, 0.3) is 0 Å². The SMILES string of the molecule is CCCCNC(=O)[C@H](C)N(Cc1cccc(OC)c1)C(=O)CN(c1ccc(Cl)c(Cl)c1)S(C)(=O)=O. The van der Waals surface area contributed by atoms with Gasteiger partial charge in [0.25, 0.3) is 0 Å². The van der Waals surface area contributed by atoms with E-state index in [0.29, 0.717) is 12.3 Å². The number of hydrogen-bond acceptors (Lipinski definition) is 5. The zero-order valence-corrected chi connectivity index (χ0v) is 22.6. The van der Waals surface area contributed by atoms with Crippen LogP contribution in [0.1, 0.15) is 32.3 Å². The highest BCUT2D eigenvalue weighted by atomic mass is 35.5. The molecule has 0 aromatic heterocycles. The van der Waals surface area contributed by atoms with E-state index in [9.17, 15) is 18.0 Å². The number of nitrogens with zero attached hydrogens (tertiary/aromatic N) is 2. The fraction of sp³-hybridized carbons (Fsp3) is 0.417. The zero-order valence-electron chi connectivity index (χ0n) is 20.3. The Morgan fingerprint density at radius 1 is 1.11 bits per heavy atom. The summed E-state index contributed by atoms with van der Waals surface area (Å²) in [6.45, 7) is 3.67. The molecule has 35 heavy (non-hydrogen) atoms. The highest BCUT2D eigenvalue weighted by Crippen LogP contribution is 2.28. The Bertz CT molecular complexity index is 1140. The van der Waals surface area contributed by atoms with Crippen molar-refractivity contribution in [1.29, 1.82) is 0 Å². The Kier molecular flexibility index (Phi) is 10.7. The highest BCUT2D eigenvalue weighted by molar-refractivity contribution is 7.92. The number of unbranched alkanes of at least 4 members (excludes halogenated alkanes) is 1. The summed E-state index contributed by atoms with van der Waals surface area (Å²) in [5.41, 5.74) is 0.919.